The summed E-state index contributed by atoms with van der Waals surface area (Å²) in [6, 6.07) is -0.443. The molecule has 0 radical (unpaired) electrons. The summed E-state index contributed by atoms with van der Waals surface area (Å²) >= 11 is 0. The zero-order chi connectivity index (χ0) is 23.0. The number of alkyl halides is 5. The fourth-order valence-corrected chi connectivity index (χ4v) is 3.80. The van der Waals surface area contributed by atoms with Gasteiger partial charge in [0.1, 0.15) is 22.3 Å². The van der Waals surface area contributed by atoms with Crippen LogP contribution in [0.4, 0.5) is 32.0 Å². The molecule has 1 amide bonds. The molecule has 0 saturated carbocycles. The van der Waals surface area contributed by atoms with Crippen LogP contribution in [0.15, 0.2) is 23.2 Å². The Morgan fingerprint density at radius 2 is 1.83 bits per heavy atom. The molecule has 30 heavy (non-hydrogen) atoms. The van der Waals surface area contributed by atoms with Gasteiger partial charge in [0, 0.05) is 24.6 Å². The Kier molecular flexibility index (Phi) is 6.51. The summed E-state index contributed by atoms with van der Waals surface area (Å²) in [6.45, 7) is 1.90. The Morgan fingerprint density at radius 1 is 1.23 bits per heavy atom. The maximum Gasteiger partial charge on any atom is 0.404 e. The molecule has 0 aliphatic heterocycles. The van der Waals surface area contributed by atoms with E-state index >= 15 is 0 Å². The first-order valence-electron chi connectivity index (χ1n) is 8.15. The molecule has 0 spiro atoms. The average Bonchev–Trinajstić information content (AvgIpc) is 2.88. The minimum absolute atomic E-state index is 0.129. The molecule has 2 aromatic heterocycles. The summed E-state index contributed by atoms with van der Waals surface area (Å²) < 4.78 is 105. The maximum atomic E-state index is 14.7. The second-order valence-electron chi connectivity index (χ2n) is 6.33. The van der Waals surface area contributed by atoms with Gasteiger partial charge in [0.2, 0.25) is 10.0 Å². The van der Waals surface area contributed by atoms with Crippen molar-refractivity contribution < 1.29 is 39.6 Å². The second kappa shape index (κ2) is 8.26. The molecule has 0 saturated heterocycles. The van der Waals surface area contributed by atoms with Gasteiger partial charge in [0.05, 0.1) is 0 Å². The molecule has 0 fully saturated rings. The fourth-order valence-electron chi connectivity index (χ4n) is 2.45. The molecule has 7 nitrogen and oxygen atoms in total. The van der Waals surface area contributed by atoms with Gasteiger partial charge in [-0.2, -0.15) is 17.9 Å². The van der Waals surface area contributed by atoms with Crippen molar-refractivity contribution in [2.45, 2.75) is 37.4 Å². The lowest BCUT2D eigenvalue weighted by Crippen LogP contribution is -2.43. The van der Waals surface area contributed by atoms with E-state index in [1.165, 1.54) is 17.7 Å². The molecule has 0 aromatic carbocycles. The number of halogens is 6. The maximum absolute atomic E-state index is 14.7. The molecule has 2 aromatic rings. The van der Waals surface area contributed by atoms with Gasteiger partial charge in [0.15, 0.2) is 5.82 Å². The van der Waals surface area contributed by atoms with Gasteiger partial charge < -0.3 is 9.88 Å². The van der Waals surface area contributed by atoms with E-state index < -0.39 is 56.7 Å². The SMILES string of the molecule is Cc1cc(NC(=O)c2c(F)c(S(=O)(=O)N[C@H](C)C(F)(F)F)cn2C)cc(C(F)F)n1. The highest BCUT2D eigenvalue weighted by Gasteiger charge is 2.40. The Hall–Kier alpha value is -2.61. The zero-order valence-electron chi connectivity index (χ0n) is 15.7. The van der Waals surface area contributed by atoms with Crippen LogP contribution < -0.4 is 10.0 Å². The van der Waals surface area contributed by atoms with E-state index in [9.17, 15) is 39.6 Å². The van der Waals surface area contributed by atoms with Gasteiger partial charge in [0.25, 0.3) is 12.3 Å². The van der Waals surface area contributed by atoms with Gasteiger partial charge in [-0.25, -0.2) is 21.6 Å². The minimum atomic E-state index is -4.96. The van der Waals surface area contributed by atoms with Gasteiger partial charge in [-0.05, 0) is 26.0 Å². The molecular weight excluding hydrogens is 442 g/mol. The molecule has 0 aliphatic carbocycles. The van der Waals surface area contributed by atoms with E-state index in [0.717, 1.165) is 17.7 Å². The third kappa shape index (κ3) is 5.11. The van der Waals surface area contributed by atoms with Gasteiger partial charge in [-0.1, -0.05) is 0 Å². The highest BCUT2D eigenvalue weighted by Crippen LogP contribution is 2.26. The largest absolute Gasteiger partial charge is 0.404 e. The first-order chi connectivity index (χ1) is 13.6. The molecule has 0 aliphatic rings. The Balaban J connectivity index is 2.37. The normalized spacial score (nSPS) is 13.5. The number of nitrogens with one attached hydrogen (secondary N) is 2. The van der Waals surface area contributed by atoms with Crippen molar-refractivity contribution in [1.82, 2.24) is 14.3 Å². The molecular formula is C16H16F6N4O3S. The summed E-state index contributed by atoms with van der Waals surface area (Å²) in [5, 5.41) is 2.14. The zero-order valence-corrected chi connectivity index (χ0v) is 16.5. The minimum Gasteiger partial charge on any atom is -0.343 e. The topological polar surface area (TPSA) is 93.1 Å². The van der Waals surface area contributed by atoms with Crippen molar-refractivity contribution >= 4 is 21.6 Å². The predicted molar refractivity (Wildman–Crippen MR) is 93.1 cm³/mol. The molecule has 166 valence electrons. The number of carbonyl (C=O) groups is 1. The number of anilines is 1. The van der Waals surface area contributed by atoms with E-state index in [-0.39, 0.29) is 11.4 Å². The van der Waals surface area contributed by atoms with E-state index in [1.807, 2.05) is 0 Å². The molecule has 1 atom stereocenters. The van der Waals surface area contributed by atoms with Gasteiger partial charge in [-0.15, -0.1) is 0 Å². The van der Waals surface area contributed by atoms with Crippen LogP contribution in [0.25, 0.3) is 0 Å². The van der Waals surface area contributed by atoms with E-state index in [4.69, 9.17) is 0 Å². The lowest BCUT2D eigenvalue weighted by molar-refractivity contribution is -0.147. The lowest BCUT2D eigenvalue weighted by Gasteiger charge is -2.16. The first kappa shape index (κ1) is 23.7. The lowest BCUT2D eigenvalue weighted by atomic mass is 10.2. The summed E-state index contributed by atoms with van der Waals surface area (Å²) in [4.78, 5) is 14.8. The molecule has 14 heteroatoms. The van der Waals surface area contributed by atoms with E-state index in [1.54, 1.807) is 0 Å². The fraction of sp³-hybridized carbons (Fsp3) is 0.375. The van der Waals surface area contributed by atoms with Crippen molar-refractivity contribution in [2.24, 2.45) is 7.05 Å². The summed E-state index contributed by atoms with van der Waals surface area (Å²) in [7, 11) is -3.87. The number of rotatable bonds is 6. The van der Waals surface area contributed by atoms with Crippen LogP contribution in [0, 0.1) is 12.7 Å². The molecule has 2 heterocycles. The smallest absolute Gasteiger partial charge is 0.343 e. The number of sulfonamides is 1. The van der Waals surface area contributed by atoms with Gasteiger partial charge in [-0.3, -0.25) is 9.78 Å². The third-order valence-electron chi connectivity index (χ3n) is 3.87. The van der Waals surface area contributed by atoms with Crippen molar-refractivity contribution in [2.75, 3.05) is 5.32 Å². The highest BCUT2D eigenvalue weighted by atomic mass is 32.2. The van der Waals surface area contributed by atoms with Crippen LogP contribution in [0.3, 0.4) is 0 Å². The quantitative estimate of drug-likeness (QED) is 0.650. The average molecular weight is 458 g/mol. The number of nitrogens with zero attached hydrogens (tertiary/aromatic N) is 2. The summed E-state index contributed by atoms with van der Waals surface area (Å²) in [5.74, 6) is -2.80. The predicted octanol–water partition coefficient (Wildman–Crippen LogP) is 3.29. The van der Waals surface area contributed by atoms with Crippen LogP contribution in [-0.2, 0) is 17.1 Å². The van der Waals surface area contributed by atoms with Crippen molar-refractivity contribution in [1.29, 1.82) is 0 Å². The second-order valence-corrected chi connectivity index (χ2v) is 8.01. The Morgan fingerprint density at radius 3 is 2.37 bits per heavy atom. The number of hydrogen-bond donors (Lipinski definition) is 2. The van der Waals surface area contributed by atoms with Crippen LogP contribution in [0.1, 0.15) is 35.2 Å². The molecule has 2 rings (SSSR count). The molecule has 0 bridgehead atoms. The van der Waals surface area contributed by atoms with Crippen molar-refractivity contribution in [3.05, 3.63) is 41.2 Å². The molecule has 2 N–H and O–H groups in total. The number of hydrogen-bond acceptors (Lipinski definition) is 4. The van der Waals surface area contributed by atoms with Crippen LogP contribution >= 0.6 is 0 Å². The highest BCUT2D eigenvalue weighted by molar-refractivity contribution is 7.89. The van der Waals surface area contributed by atoms with Gasteiger partial charge >= 0.3 is 6.18 Å². The van der Waals surface area contributed by atoms with E-state index in [0.29, 0.717) is 13.1 Å². The molecule has 0 unspecified atom stereocenters. The van der Waals surface area contributed by atoms with Crippen LogP contribution in [-0.4, -0.2) is 36.1 Å². The summed E-state index contributed by atoms with van der Waals surface area (Å²) in [5.41, 5.74) is -1.50. The van der Waals surface area contributed by atoms with Crippen molar-refractivity contribution in [3.63, 3.8) is 0 Å². The third-order valence-corrected chi connectivity index (χ3v) is 5.40. The Bertz CT molecular complexity index is 1070. The number of pyridine rings is 1. The number of aromatic nitrogens is 2. The Labute approximate surface area is 167 Å². The standard InChI is InChI=1S/C16H16F6N4O3S/c1-7-4-9(5-10(23-7)14(18)19)24-15(27)13-12(17)11(6-26(13)3)30(28,29)25-8(2)16(20,21)22/h4-6,8,14,25H,1-3H3,(H,23,24,27)/t8-/m1/s1. The van der Waals surface area contributed by atoms with E-state index in [2.05, 4.69) is 10.3 Å². The van der Waals surface area contributed by atoms with Crippen LogP contribution in [0.2, 0.25) is 0 Å². The monoisotopic (exact) mass is 458 g/mol. The summed E-state index contributed by atoms with van der Waals surface area (Å²) in [6.07, 6.45) is -7.23. The van der Waals surface area contributed by atoms with Crippen molar-refractivity contribution in [3.8, 4) is 0 Å². The number of amides is 1. The first-order valence-corrected chi connectivity index (χ1v) is 9.63. The number of aryl methyl sites for hydroxylation is 2. The number of carbonyl (C=O) groups excluding carboxylic acids is 1. The van der Waals surface area contributed by atoms with Crippen LogP contribution in [0.5, 0.6) is 0 Å².